The summed E-state index contributed by atoms with van der Waals surface area (Å²) < 4.78 is 0. The zero-order valence-electron chi connectivity index (χ0n) is 8.57. The van der Waals surface area contributed by atoms with Crippen molar-refractivity contribution in [2.75, 3.05) is 0 Å². The van der Waals surface area contributed by atoms with Gasteiger partial charge in [0.2, 0.25) is 5.91 Å². The van der Waals surface area contributed by atoms with Gasteiger partial charge >= 0.3 is 0 Å². The van der Waals surface area contributed by atoms with Gasteiger partial charge in [-0.25, -0.2) is 5.01 Å². The zero-order chi connectivity index (χ0) is 9.71. The van der Waals surface area contributed by atoms with Crippen LogP contribution in [0.3, 0.4) is 0 Å². The van der Waals surface area contributed by atoms with Crippen LogP contribution in [0.4, 0.5) is 0 Å². The molecule has 14 heavy (non-hydrogen) atoms. The van der Waals surface area contributed by atoms with Crippen molar-refractivity contribution in [1.29, 1.82) is 0 Å². The minimum Gasteiger partial charge on any atom is -0.273 e. The smallest absolute Gasteiger partial charge is 0.248 e. The summed E-state index contributed by atoms with van der Waals surface area (Å²) in [6, 6.07) is 0.346. The molecule has 3 rings (SSSR count). The molecular weight excluding hydrogens is 176 g/mol. The van der Waals surface area contributed by atoms with Crippen molar-refractivity contribution < 1.29 is 4.79 Å². The van der Waals surface area contributed by atoms with Gasteiger partial charge < -0.3 is 0 Å². The predicted octanol–water partition coefficient (Wildman–Crippen LogP) is 1.78. The molecule has 0 N–H and O–H groups in total. The van der Waals surface area contributed by atoms with Gasteiger partial charge in [0.05, 0.1) is 18.2 Å². The number of amides is 1. The van der Waals surface area contributed by atoms with E-state index in [1.54, 1.807) is 5.01 Å². The van der Waals surface area contributed by atoms with Crippen LogP contribution in [0, 0.1) is 11.8 Å². The Morgan fingerprint density at radius 3 is 2.64 bits per heavy atom. The Balaban J connectivity index is 1.74. The third-order valence-corrected chi connectivity index (χ3v) is 3.56. The van der Waals surface area contributed by atoms with E-state index in [1.165, 1.54) is 25.7 Å². The van der Waals surface area contributed by atoms with Crippen LogP contribution < -0.4 is 0 Å². The fourth-order valence-corrected chi connectivity index (χ4v) is 2.20. The van der Waals surface area contributed by atoms with E-state index < -0.39 is 0 Å². The topological polar surface area (TPSA) is 32.7 Å². The molecule has 0 aromatic rings. The first-order valence-corrected chi connectivity index (χ1v) is 5.65. The highest BCUT2D eigenvalue weighted by molar-refractivity contribution is 6.06. The van der Waals surface area contributed by atoms with Crippen LogP contribution in [-0.4, -0.2) is 22.7 Å². The summed E-state index contributed by atoms with van der Waals surface area (Å²) >= 11 is 0. The van der Waals surface area contributed by atoms with Crippen molar-refractivity contribution >= 4 is 11.6 Å². The van der Waals surface area contributed by atoms with E-state index in [1.807, 2.05) is 0 Å². The summed E-state index contributed by atoms with van der Waals surface area (Å²) in [5.74, 6) is 1.60. The van der Waals surface area contributed by atoms with Crippen molar-refractivity contribution in [2.45, 2.75) is 45.1 Å². The Morgan fingerprint density at radius 2 is 2.07 bits per heavy atom. The number of carbonyl (C=O) groups is 1. The van der Waals surface area contributed by atoms with E-state index in [-0.39, 0.29) is 5.91 Å². The normalized spacial score (nSPS) is 29.4. The summed E-state index contributed by atoms with van der Waals surface area (Å²) in [5.41, 5.74) is 1.16. The third kappa shape index (κ3) is 1.35. The lowest BCUT2D eigenvalue weighted by Gasteiger charge is -2.19. The first kappa shape index (κ1) is 8.45. The summed E-state index contributed by atoms with van der Waals surface area (Å²) in [4.78, 5) is 11.7. The van der Waals surface area contributed by atoms with Crippen LogP contribution in [0.15, 0.2) is 5.10 Å². The second-order valence-corrected chi connectivity index (χ2v) is 4.86. The zero-order valence-corrected chi connectivity index (χ0v) is 8.57. The van der Waals surface area contributed by atoms with Crippen molar-refractivity contribution in [3.8, 4) is 0 Å². The molecule has 76 valence electrons. The van der Waals surface area contributed by atoms with Gasteiger partial charge in [0.1, 0.15) is 0 Å². The monoisotopic (exact) mass is 192 g/mol. The van der Waals surface area contributed by atoms with Crippen LogP contribution >= 0.6 is 0 Å². The van der Waals surface area contributed by atoms with E-state index in [0.29, 0.717) is 18.4 Å². The summed E-state index contributed by atoms with van der Waals surface area (Å²) in [5, 5.41) is 6.25. The highest BCUT2D eigenvalue weighted by Crippen LogP contribution is 2.39. The van der Waals surface area contributed by atoms with E-state index >= 15 is 0 Å². The Kier molecular flexibility index (Phi) is 1.70. The fourth-order valence-electron chi connectivity index (χ4n) is 2.20. The van der Waals surface area contributed by atoms with Gasteiger partial charge in [0.15, 0.2) is 0 Å². The minimum atomic E-state index is 0.228. The number of nitrogens with zero attached hydrogens (tertiary/aromatic N) is 2. The highest BCUT2D eigenvalue weighted by Gasteiger charge is 2.40. The largest absolute Gasteiger partial charge is 0.273 e. The molecule has 0 spiro atoms. The van der Waals surface area contributed by atoms with Gasteiger partial charge in [0.25, 0.3) is 0 Å². The number of hydrogen-bond acceptors (Lipinski definition) is 2. The van der Waals surface area contributed by atoms with Gasteiger partial charge in [-0.3, -0.25) is 4.79 Å². The van der Waals surface area contributed by atoms with Crippen molar-refractivity contribution in [3.05, 3.63) is 0 Å². The second-order valence-electron chi connectivity index (χ2n) is 4.86. The van der Waals surface area contributed by atoms with Gasteiger partial charge in [0, 0.05) is 0 Å². The van der Waals surface area contributed by atoms with E-state index in [9.17, 15) is 4.79 Å². The molecule has 0 radical (unpaired) electrons. The molecule has 3 nitrogen and oxygen atoms in total. The Hall–Kier alpha value is -0.860. The molecule has 0 saturated heterocycles. The lowest BCUT2D eigenvalue weighted by molar-refractivity contribution is -0.130. The van der Waals surface area contributed by atoms with Gasteiger partial charge in [-0.15, -0.1) is 0 Å². The molecule has 3 aliphatic rings. The van der Waals surface area contributed by atoms with Gasteiger partial charge in [-0.1, -0.05) is 0 Å². The first-order valence-electron chi connectivity index (χ1n) is 5.65. The quantitative estimate of drug-likeness (QED) is 0.671. The Bertz CT molecular complexity index is 302. The number of carbonyl (C=O) groups excluding carboxylic acids is 1. The van der Waals surface area contributed by atoms with Gasteiger partial charge in [-0.05, 0) is 44.4 Å². The Labute approximate surface area is 84.2 Å². The van der Waals surface area contributed by atoms with Crippen LogP contribution in [-0.2, 0) is 4.79 Å². The molecule has 2 aliphatic carbocycles. The van der Waals surface area contributed by atoms with Crippen LogP contribution in [0.5, 0.6) is 0 Å². The molecule has 1 amide bonds. The van der Waals surface area contributed by atoms with E-state index in [0.717, 1.165) is 11.6 Å². The molecule has 2 saturated carbocycles. The van der Waals surface area contributed by atoms with E-state index in [2.05, 4.69) is 12.0 Å². The maximum Gasteiger partial charge on any atom is 0.248 e. The summed E-state index contributed by atoms with van der Waals surface area (Å²) in [6.45, 7) is 2.13. The standard InChI is InChI=1S/C11H16N2O/c1-7(8-2-3-8)13-11(14)6-10(12-13)9-4-5-9/h7-9H,2-6H2,1H3. The van der Waals surface area contributed by atoms with Crippen molar-refractivity contribution in [1.82, 2.24) is 5.01 Å². The first-order chi connectivity index (χ1) is 6.75. The average Bonchev–Trinajstić information content (AvgIpc) is 2.99. The number of hydrazone groups is 1. The molecule has 1 unspecified atom stereocenters. The second kappa shape index (κ2) is 2.81. The van der Waals surface area contributed by atoms with Crippen molar-refractivity contribution in [3.63, 3.8) is 0 Å². The summed E-state index contributed by atoms with van der Waals surface area (Å²) in [7, 11) is 0. The lowest BCUT2D eigenvalue weighted by Crippen LogP contribution is -2.32. The fraction of sp³-hybridized carbons (Fsp3) is 0.818. The van der Waals surface area contributed by atoms with Crippen LogP contribution in [0.1, 0.15) is 39.0 Å². The maximum absolute atomic E-state index is 11.7. The average molecular weight is 192 g/mol. The molecule has 1 heterocycles. The van der Waals surface area contributed by atoms with Crippen molar-refractivity contribution in [2.24, 2.45) is 16.9 Å². The molecule has 0 bridgehead atoms. The van der Waals surface area contributed by atoms with Gasteiger partial charge in [-0.2, -0.15) is 5.10 Å². The summed E-state index contributed by atoms with van der Waals surface area (Å²) in [6.07, 6.45) is 5.65. The Morgan fingerprint density at radius 1 is 1.36 bits per heavy atom. The SMILES string of the molecule is CC(C1CC1)N1N=C(C2CC2)CC1=O. The predicted molar refractivity (Wildman–Crippen MR) is 53.8 cm³/mol. The third-order valence-electron chi connectivity index (χ3n) is 3.56. The molecule has 1 atom stereocenters. The number of hydrogen-bond donors (Lipinski definition) is 0. The molecular formula is C11H16N2O. The minimum absolute atomic E-state index is 0.228. The highest BCUT2D eigenvalue weighted by atomic mass is 16.2. The maximum atomic E-state index is 11.7. The number of rotatable bonds is 3. The molecule has 0 aromatic carbocycles. The van der Waals surface area contributed by atoms with E-state index in [4.69, 9.17) is 0 Å². The molecule has 2 fully saturated rings. The van der Waals surface area contributed by atoms with Crippen LogP contribution in [0.25, 0.3) is 0 Å². The van der Waals surface area contributed by atoms with Crippen LogP contribution in [0.2, 0.25) is 0 Å². The molecule has 3 heteroatoms. The molecule has 1 aliphatic heterocycles. The lowest BCUT2D eigenvalue weighted by atomic mass is 10.2. The molecule has 0 aromatic heterocycles.